The van der Waals surface area contributed by atoms with Crippen molar-refractivity contribution < 1.29 is 19.4 Å². The van der Waals surface area contributed by atoms with E-state index in [9.17, 15) is 14.7 Å². The Morgan fingerprint density at radius 1 is 1.30 bits per heavy atom. The monoisotopic (exact) mass is 434 g/mol. The highest BCUT2D eigenvalue weighted by Gasteiger charge is 2.28. The van der Waals surface area contributed by atoms with Crippen LogP contribution in [0.2, 0.25) is 0 Å². The van der Waals surface area contributed by atoms with E-state index >= 15 is 0 Å². The number of aliphatic hydroxyl groups excluding tert-OH is 1. The van der Waals surface area contributed by atoms with Crippen LogP contribution in [0.1, 0.15) is 44.9 Å². The zero-order chi connectivity index (χ0) is 19.4. The largest absolute Gasteiger partial charge is 0.465 e. The summed E-state index contributed by atoms with van der Waals surface area (Å²) in [5, 5.41) is 9.45. The highest BCUT2D eigenvalue weighted by Crippen LogP contribution is 2.26. The van der Waals surface area contributed by atoms with Gasteiger partial charge < -0.3 is 19.3 Å². The van der Waals surface area contributed by atoms with Crippen LogP contribution in [0, 0.1) is 0 Å². The van der Waals surface area contributed by atoms with Crippen LogP contribution in [-0.2, 0) is 24.2 Å². The number of fused-ring (bicyclic) bond motifs is 1. The number of carbonyl (C=O) groups is 2. The van der Waals surface area contributed by atoms with Gasteiger partial charge in [0.15, 0.2) is 0 Å². The molecule has 1 amide bonds. The Labute approximate surface area is 166 Å². The second kappa shape index (κ2) is 8.71. The van der Waals surface area contributed by atoms with Crippen molar-refractivity contribution in [1.82, 2.24) is 9.47 Å². The van der Waals surface area contributed by atoms with Crippen LogP contribution in [0.25, 0.3) is 0 Å². The summed E-state index contributed by atoms with van der Waals surface area (Å²) in [6, 6.07) is 9.37. The van der Waals surface area contributed by atoms with Gasteiger partial charge in [-0.1, -0.05) is 28.1 Å². The fourth-order valence-electron chi connectivity index (χ4n) is 3.53. The molecule has 0 radical (unpaired) electrons. The van der Waals surface area contributed by atoms with Crippen molar-refractivity contribution in [3.8, 4) is 0 Å². The topological polar surface area (TPSA) is 71.8 Å². The minimum atomic E-state index is -0.416. The summed E-state index contributed by atoms with van der Waals surface area (Å²) < 4.78 is 7.76. The van der Waals surface area contributed by atoms with E-state index in [2.05, 4.69) is 15.9 Å². The van der Waals surface area contributed by atoms with Crippen molar-refractivity contribution >= 4 is 27.8 Å². The second-order valence-corrected chi connectivity index (χ2v) is 7.49. The fraction of sp³-hybridized carbons (Fsp3) is 0.400. The molecule has 0 unspecified atom stereocenters. The Morgan fingerprint density at radius 3 is 2.81 bits per heavy atom. The lowest BCUT2D eigenvalue weighted by molar-refractivity contribution is 0.0598. The Balaban J connectivity index is 1.94. The minimum Gasteiger partial charge on any atom is -0.465 e. The third kappa shape index (κ3) is 4.25. The van der Waals surface area contributed by atoms with Gasteiger partial charge in [0.05, 0.1) is 19.3 Å². The molecule has 0 fully saturated rings. The SMILES string of the molecule is COC(=O)c1cc(C(=O)N(CCO)Cc2cccc(Br)c2)n2c1CCCC2. The molecule has 3 rings (SSSR count). The van der Waals surface area contributed by atoms with Gasteiger partial charge in [0.2, 0.25) is 0 Å². The molecule has 7 heteroatoms. The number of hydrogen-bond donors (Lipinski definition) is 1. The molecule has 1 aliphatic rings. The van der Waals surface area contributed by atoms with Crippen LogP contribution in [0.5, 0.6) is 0 Å². The first kappa shape index (κ1) is 19.6. The van der Waals surface area contributed by atoms with Gasteiger partial charge in [0, 0.05) is 29.8 Å². The van der Waals surface area contributed by atoms with E-state index in [0.29, 0.717) is 24.3 Å². The molecule has 27 heavy (non-hydrogen) atoms. The van der Waals surface area contributed by atoms with E-state index in [1.54, 1.807) is 11.0 Å². The molecule has 0 saturated heterocycles. The molecule has 2 aromatic rings. The van der Waals surface area contributed by atoms with E-state index < -0.39 is 5.97 Å². The van der Waals surface area contributed by atoms with E-state index in [-0.39, 0.29) is 19.1 Å². The van der Waals surface area contributed by atoms with Crippen LogP contribution in [0.15, 0.2) is 34.8 Å². The molecule has 6 nitrogen and oxygen atoms in total. The number of methoxy groups -OCH3 is 1. The van der Waals surface area contributed by atoms with Gasteiger partial charge in [-0.15, -0.1) is 0 Å². The zero-order valence-electron chi connectivity index (χ0n) is 15.3. The van der Waals surface area contributed by atoms with Crippen molar-refractivity contribution in [1.29, 1.82) is 0 Å². The fourth-order valence-corrected chi connectivity index (χ4v) is 3.98. The van der Waals surface area contributed by atoms with Crippen molar-refractivity contribution in [3.63, 3.8) is 0 Å². The number of benzene rings is 1. The number of aromatic nitrogens is 1. The summed E-state index contributed by atoms with van der Waals surface area (Å²) in [7, 11) is 1.35. The highest BCUT2D eigenvalue weighted by atomic mass is 79.9. The lowest BCUT2D eigenvalue weighted by atomic mass is 10.1. The first-order valence-corrected chi connectivity index (χ1v) is 9.79. The van der Waals surface area contributed by atoms with Crippen LogP contribution in [-0.4, -0.2) is 46.7 Å². The Bertz CT molecular complexity index is 847. The quantitative estimate of drug-likeness (QED) is 0.709. The first-order chi connectivity index (χ1) is 13.0. The smallest absolute Gasteiger partial charge is 0.339 e. The minimum absolute atomic E-state index is 0.128. The molecule has 0 spiro atoms. The van der Waals surface area contributed by atoms with E-state index in [1.165, 1.54) is 7.11 Å². The molecule has 1 aromatic heterocycles. The molecule has 1 aliphatic heterocycles. The molecule has 1 N–H and O–H groups in total. The van der Waals surface area contributed by atoms with Gasteiger partial charge >= 0.3 is 5.97 Å². The standard InChI is InChI=1S/C20H23BrN2O4/c1-27-20(26)16-12-18(23-8-3-2-7-17(16)23)19(25)22(9-10-24)13-14-5-4-6-15(21)11-14/h4-6,11-12,24H,2-3,7-10,13H2,1H3. The van der Waals surface area contributed by atoms with Gasteiger partial charge in [0.25, 0.3) is 5.91 Å². The molecular weight excluding hydrogens is 412 g/mol. The molecule has 0 aliphatic carbocycles. The summed E-state index contributed by atoms with van der Waals surface area (Å²) in [4.78, 5) is 27.0. The number of rotatable bonds is 6. The third-order valence-corrected chi connectivity index (χ3v) is 5.29. The number of esters is 1. The Morgan fingerprint density at radius 2 is 2.11 bits per heavy atom. The predicted molar refractivity (Wildman–Crippen MR) is 105 cm³/mol. The number of hydrogen-bond acceptors (Lipinski definition) is 4. The second-order valence-electron chi connectivity index (χ2n) is 6.57. The van der Waals surface area contributed by atoms with E-state index in [4.69, 9.17) is 4.74 Å². The van der Waals surface area contributed by atoms with Crippen molar-refractivity contribution in [2.75, 3.05) is 20.3 Å². The number of halogens is 1. The number of amides is 1. The van der Waals surface area contributed by atoms with Gasteiger partial charge in [0.1, 0.15) is 5.69 Å². The Hall–Kier alpha value is -2.12. The van der Waals surface area contributed by atoms with E-state index in [0.717, 1.165) is 35.0 Å². The van der Waals surface area contributed by atoms with Gasteiger partial charge in [-0.05, 0) is 43.0 Å². The van der Waals surface area contributed by atoms with Crippen LogP contribution < -0.4 is 0 Å². The van der Waals surface area contributed by atoms with Gasteiger partial charge in [-0.25, -0.2) is 4.79 Å². The summed E-state index contributed by atoms with van der Waals surface area (Å²) in [5.41, 5.74) is 2.77. The predicted octanol–water partition coefficient (Wildman–Crippen LogP) is 3.01. The summed E-state index contributed by atoms with van der Waals surface area (Å²) >= 11 is 3.44. The summed E-state index contributed by atoms with van der Waals surface area (Å²) in [6.07, 6.45) is 2.71. The molecule has 1 aromatic carbocycles. The van der Waals surface area contributed by atoms with Crippen LogP contribution in [0.3, 0.4) is 0 Å². The maximum atomic E-state index is 13.3. The maximum absolute atomic E-state index is 13.3. The normalized spacial score (nSPS) is 13.1. The van der Waals surface area contributed by atoms with Crippen molar-refractivity contribution in [2.24, 2.45) is 0 Å². The van der Waals surface area contributed by atoms with Crippen molar-refractivity contribution in [3.05, 3.63) is 57.3 Å². The highest BCUT2D eigenvalue weighted by molar-refractivity contribution is 9.10. The number of nitrogens with zero attached hydrogens (tertiary/aromatic N) is 2. The molecule has 0 bridgehead atoms. The van der Waals surface area contributed by atoms with Crippen molar-refractivity contribution in [2.45, 2.75) is 32.4 Å². The lowest BCUT2D eigenvalue weighted by Gasteiger charge is -2.24. The molecular formula is C20H23BrN2O4. The van der Waals surface area contributed by atoms with Gasteiger partial charge in [-0.3, -0.25) is 4.79 Å². The zero-order valence-corrected chi connectivity index (χ0v) is 16.9. The number of aliphatic hydroxyl groups is 1. The Kier molecular flexibility index (Phi) is 6.34. The average Bonchev–Trinajstić information content (AvgIpc) is 3.06. The molecule has 2 heterocycles. The van der Waals surface area contributed by atoms with E-state index in [1.807, 2.05) is 28.8 Å². The lowest BCUT2D eigenvalue weighted by Crippen LogP contribution is -2.35. The molecule has 0 atom stereocenters. The molecule has 0 saturated carbocycles. The van der Waals surface area contributed by atoms with Crippen LogP contribution >= 0.6 is 15.9 Å². The number of ether oxygens (including phenoxy) is 1. The first-order valence-electron chi connectivity index (χ1n) is 9.00. The summed E-state index contributed by atoms with van der Waals surface area (Å²) in [6.45, 7) is 1.18. The molecule has 144 valence electrons. The summed E-state index contributed by atoms with van der Waals surface area (Å²) in [5.74, 6) is -0.609. The maximum Gasteiger partial charge on any atom is 0.339 e. The third-order valence-electron chi connectivity index (χ3n) is 4.80. The van der Waals surface area contributed by atoms with Gasteiger partial charge in [-0.2, -0.15) is 0 Å². The number of carbonyl (C=O) groups excluding carboxylic acids is 2. The average molecular weight is 435 g/mol. The van der Waals surface area contributed by atoms with Crippen LogP contribution in [0.4, 0.5) is 0 Å².